The van der Waals surface area contributed by atoms with Gasteiger partial charge >= 0.3 is 0 Å². The lowest BCUT2D eigenvalue weighted by molar-refractivity contribution is -0.111. The minimum atomic E-state index is -0.402. The normalized spacial score (nSPS) is 10.6. The minimum absolute atomic E-state index is 0.0680. The molecule has 98 valence electrons. The van der Waals surface area contributed by atoms with Gasteiger partial charge in [0.2, 0.25) is 11.8 Å². The Bertz CT molecular complexity index is 596. The van der Waals surface area contributed by atoms with E-state index in [0.29, 0.717) is 5.76 Å². The maximum absolute atomic E-state index is 11.6. The molecule has 0 aliphatic heterocycles. The highest BCUT2D eigenvalue weighted by Crippen LogP contribution is 2.15. The second-order valence-electron chi connectivity index (χ2n) is 3.39. The Morgan fingerprint density at radius 3 is 3.05 bits per heavy atom. The molecule has 6 nitrogen and oxygen atoms in total. The highest BCUT2D eigenvalue weighted by molar-refractivity contribution is 6.29. The first kappa shape index (κ1) is 13.1. The number of halogens is 1. The van der Waals surface area contributed by atoms with Crippen molar-refractivity contribution in [2.45, 2.75) is 0 Å². The molecule has 0 aliphatic rings. The highest BCUT2D eigenvalue weighted by Gasteiger charge is 2.05. The zero-order valence-corrected chi connectivity index (χ0v) is 10.7. The summed E-state index contributed by atoms with van der Waals surface area (Å²) >= 11 is 5.76. The number of hydrogen-bond acceptors (Lipinski definition) is 5. The molecule has 2 heterocycles. The van der Waals surface area contributed by atoms with Crippen molar-refractivity contribution in [2.24, 2.45) is 0 Å². The van der Waals surface area contributed by atoms with Gasteiger partial charge in [-0.15, -0.1) is 0 Å². The fourth-order valence-electron chi connectivity index (χ4n) is 1.25. The van der Waals surface area contributed by atoms with Crippen LogP contribution in [0.15, 0.2) is 35.0 Å². The number of aromatic nitrogens is 2. The maximum atomic E-state index is 11.6. The van der Waals surface area contributed by atoms with Crippen molar-refractivity contribution in [2.75, 3.05) is 12.4 Å². The molecule has 0 unspecified atom stereocenters. The quantitative estimate of drug-likeness (QED) is 0.687. The zero-order valence-electron chi connectivity index (χ0n) is 9.96. The summed E-state index contributed by atoms with van der Waals surface area (Å²) in [6.07, 6.45) is 4.34. The average molecular weight is 280 g/mol. The molecule has 0 spiro atoms. The van der Waals surface area contributed by atoms with Gasteiger partial charge in [-0.2, -0.15) is 4.98 Å². The number of carbonyl (C=O) groups excluding carboxylic acids is 1. The Hall–Kier alpha value is -2.34. The molecule has 0 aromatic carbocycles. The van der Waals surface area contributed by atoms with Gasteiger partial charge in [0.1, 0.15) is 10.9 Å². The number of carbonyl (C=O) groups is 1. The fraction of sp³-hybridized carbons (Fsp3) is 0.0833. The topological polar surface area (TPSA) is 77.2 Å². The van der Waals surface area contributed by atoms with Gasteiger partial charge in [-0.1, -0.05) is 11.6 Å². The van der Waals surface area contributed by atoms with E-state index in [1.807, 2.05) is 0 Å². The fourth-order valence-corrected chi connectivity index (χ4v) is 1.43. The predicted molar refractivity (Wildman–Crippen MR) is 70.0 cm³/mol. The van der Waals surface area contributed by atoms with Crippen LogP contribution in [0, 0.1) is 0 Å². The number of nitrogens with one attached hydrogen (secondary N) is 1. The van der Waals surface area contributed by atoms with Crippen LogP contribution in [0.3, 0.4) is 0 Å². The Morgan fingerprint density at radius 1 is 1.53 bits per heavy atom. The first-order valence-electron chi connectivity index (χ1n) is 5.28. The number of furan rings is 1. The van der Waals surface area contributed by atoms with Gasteiger partial charge in [-0.25, -0.2) is 4.98 Å². The Balaban J connectivity index is 2.04. The SMILES string of the molecule is COc1cc(Cl)nc(NC(=O)/C=C/c2ccco2)n1. The summed E-state index contributed by atoms with van der Waals surface area (Å²) in [4.78, 5) is 19.4. The summed E-state index contributed by atoms with van der Waals surface area (Å²) in [6.45, 7) is 0. The number of hydrogen-bond donors (Lipinski definition) is 1. The molecule has 2 aromatic heterocycles. The highest BCUT2D eigenvalue weighted by atomic mass is 35.5. The number of ether oxygens (including phenoxy) is 1. The third kappa shape index (κ3) is 3.82. The molecule has 0 bridgehead atoms. The monoisotopic (exact) mass is 279 g/mol. The van der Waals surface area contributed by atoms with Crippen molar-refractivity contribution >= 4 is 29.5 Å². The van der Waals surface area contributed by atoms with Gasteiger partial charge in [0.05, 0.1) is 13.4 Å². The van der Waals surface area contributed by atoms with Crippen LogP contribution in [0.4, 0.5) is 5.95 Å². The van der Waals surface area contributed by atoms with E-state index in [2.05, 4.69) is 15.3 Å². The molecular weight excluding hydrogens is 270 g/mol. The molecule has 2 aromatic rings. The largest absolute Gasteiger partial charge is 0.481 e. The zero-order chi connectivity index (χ0) is 13.7. The van der Waals surface area contributed by atoms with Crippen LogP contribution in [0.1, 0.15) is 5.76 Å². The Labute approximate surface area is 114 Å². The van der Waals surface area contributed by atoms with Crippen molar-refractivity contribution in [1.29, 1.82) is 0 Å². The standard InChI is InChI=1S/C12H10ClN3O3/c1-18-11-7-9(13)14-12(16-11)15-10(17)5-4-8-3-2-6-19-8/h2-7H,1H3,(H,14,15,16,17)/b5-4+. The van der Waals surface area contributed by atoms with Crippen molar-refractivity contribution in [3.8, 4) is 5.88 Å². The molecule has 0 atom stereocenters. The van der Waals surface area contributed by atoms with E-state index in [1.54, 1.807) is 12.1 Å². The van der Waals surface area contributed by atoms with E-state index in [1.165, 1.54) is 31.6 Å². The first-order valence-corrected chi connectivity index (χ1v) is 5.66. The number of methoxy groups -OCH3 is 1. The number of rotatable bonds is 4. The van der Waals surface area contributed by atoms with Crippen LogP contribution >= 0.6 is 11.6 Å². The molecule has 7 heteroatoms. The third-order valence-electron chi connectivity index (χ3n) is 2.06. The molecular formula is C12H10ClN3O3. The van der Waals surface area contributed by atoms with E-state index < -0.39 is 5.91 Å². The minimum Gasteiger partial charge on any atom is -0.481 e. The van der Waals surface area contributed by atoms with E-state index in [-0.39, 0.29) is 17.0 Å². The molecule has 1 N–H and O–H groups in total. The van der Waals surface area contributed by atoms with Gasteiger partial charge in [-0.05, 0) is 18.2 Å². The number of anilines is 1. The van der Waals surface area contributed by atoms with Crippen LogP contribution in [0.2, 0.25) is 5.15 Å². The first-order chi connectivity index (χ1) is 9.17. The summed E-state index contributed by atoms with van der Waals surface area (Å²) < 4.78 is 9.97. The lowest BCUT2D eigenvalue weighted by Gasteiger charge is -2.03. The van der Waals surface area contributed by atoms with Crippen LogP contribution in [-0.4, -0.2) is 23.0 Å². The second-order valence-corrected chi connectivity index (χ2v) is 3.78. The summed E-state index contributed by atoms with van der Waals surface area (Å²) in [5.41, 5.74) is 0. The summed E-state index contributed by atoms with van der Waals surface area (Å²) in [5.74, 6) is 0.504. The molecule has 19 heavy (non-hydrogen) atoms. The Kier molecular flexibility index (Phi) is 4.15. The lowest BCUT2D eigenvalue weighted by Crippen LogP contribution is -2.11. The molecule has 0 aliphatic carbocycles. The van der Waals surface area contributed by atoms with Gasteiger partial charge in [0, 0.05) is 12.1 Å². The van der Waals surface area contributed by atoms with Gasteiger partial charge in [0.25, 0.3) is 5.91 Å². The van der Waals surface area contributed by atoms with E-state index in [4.69, 9.17) is 20.8 Å². The molecule has 0 saturated carbocycles. The molecule has 0 fully saturated rings. The maximum Gasteiger partial charge on any atom is 0.250 e. The molecule has 0 saturated heterocycles. The van der Waals surface area contributed by atoms with Crippen LogP contribution < -0.4 is 10.1 Å². The van der Waals surface area contributed by atoms with Crippen LogP contribution in [0.25, 0.3) is 6.08 Å². The number of amides is 1. The second kappa shape index (κ2) is 6.01. The van der Waals surface area contributed by atoms with Crippen LogP contribution in [-0.2, 0) is 4.79 Å². The average Bonchev–Trinajstić information content (AvgIpc) is 2.88. The predicted octanol–water partition coefficient (Wildman–Crippen LogP) is 2.38. The summed E-state index contributed by atoms with van der Waals surface area (Å²) in [5, 5.41) is 2.64. The Morgan fingerprint density at radius 2 is 2.37 bits per heavy atom. The molecule has 0 radical (unpaired) electrons. The van der Waals surface area contributed by atoms with Crippen LogP contribution in [0.5, 0.6) is 5.88 Å². The van der Waals surface area contributed by atoms with Gasteiger partial charge in [0.15, 0.2) is 0 Å². The van der Waals surface area contributed by atoms with Gasteiger partial charge in [-0.3, -0.25) is 10.1 Å². The van der Waals surface area contributed by atoms with Crippen molar-refractivity contribution < 1.29 is 13.9 Å². The van der Waals surface area contributed by atoms with E-state index in [0.717, 1.165) is 0 Å². The van der Waals surface area contributed by atoms with E-state index >= 15 is 0 Å². The van der Waals surface area contributed by atoms with E-state index in [9.17, 15) is 4.79 Å². The summed E-state index contributed by atoms with van der Waals surface area (Å²) in [7, 11) is 1.45. The number of nitrogens with zero attached hydrogens (tertiary/aromatic N) is 2. The lowest BCUT2D eigenvalue weighted by atomic mass is 10.4. The molecule has 1 amide bonds. The van der Waals surface area contributed by atoms with Crippen molar-refractivity contribution in [3.63, 3.8) is 0 Å². The van der Waals surface area contributed by atoms with Crippen molar-refractivity contribution in [3.05, 3.63) is 41.5 Å². The smallest absolute Gasteiger partial charge is 0.250 e. The molecule has 2 rings (SSSR count). The van der Waals surface area contributed by atoms with Crippen molar-refractivity contribution in [1.82, 2.24) is 9.97 Å². The van der Waals surface area contributed by atoms with Gasteiger partial charge < -0.3 is 9.15 Å². The third-order valence-corrected chi connectivity index (χ3v) is 2.25. The summed E-state index contributed by atoms with van der Waals surface area (Å²) in [6, 6.07) is 4.89.